The van der Waals surface area contributed by atoms with E-state index in [-0.39, 0.29) is 5.41 Å². The summed E-state index contributed by atoms with van der Waals surface area (Å²) >= 11 is 0. The number of rotatable bonds is 2. The van der Waals surface area contributed by atoms with Gasteiger partial charge in [-0.2, -0.15) is 0 Å². The molecule has 2 N–H and O–H groups in total. The molecule has 2 heteroatoms. The molecule has 0 radical (unpaired) electrons. The predicted octanol–water partition coefficient (Wildman–Crippen LogP) is 3.62. The maximum Gasteiger partial charge on any atom is 0.118 e. The van der Waals surface area contributed by atoms with Crippen LogP contribution in [0.5, 0.6) is 5.75 Å². The zero-order valence-corrected chi connectivity index (χ0v) is 12.1. The van der Waals surface area contributed by atoms with E-state index in [0.29, 0.717) is 12.2 Å². The molecule has 0 bridgehead atoms. The summed E-state index contributed by atoms with van der Waals surface area (Å²) in [5.74, 6) is 0.329. The van der Waals surface area contributed by atoms with Crippen LogP contribution in [-0.2, 0) is 5.41 Å². The van der Waals surface area contributed by atoms with E-state index < -0.39 is 5.60 Å². The second-order valence-corrected chi connectivity index (χ2v) is 6.18. The largest absolute Gasteiger partial charge is 0.508 e. The lowest BCUT2D eigenvalue weighted by atomic mass is 9.74. The van der Waals surface area contributed by atoms with E-state index in [2.05, 4.69) is 19.9 Å². The smallest absolute Gasteiger partial charge is 0.118 e. The van der Waals surface area contributed by atoms with Crippen LogP contribution in [0.1, 0.15) is 38.3 Å². The molecule has 1 aromatic rings. The summed E-state index contributed by atoms with van der Waals surface area (Å²) in [7, 11) is 0. The van der Waals surface area contributed by atoms with Crippen molar-refractivity contribution in [3.8, 4) is 5.75 Å². The van der Waals surface area contributed by atoms with Gasteiger partial charge in [0, 0.05) is 5.41 Å². The summed E-state index contributed by atoms with van der Waals surface area (Å²) in [5.41, 5.74) is 2.39. The fourth-order valence-corrected chi connectivity index (χ4v) is 2.40. The molecule has 0 aliphatic heterocycles. The third-order valence-corrected chi connectivity index (χ3v) is 4.00. The summed E-state index contributed by atoms with van der Waals surface area (Å²) in [4.78, 5) is 0. The first-order chi connectivity index (χ1) is 8.72. The van der Waals surface area contributed by atoms with Crippen LogP contribution in [0.25, 0.3) is 0 Å². The van der Waals surface area contributed by atoms with Crippen molar-refractivity contribution in [2.75, 3.05) is 0 Å². The quantitative estimate of drug-likeness (QED) is 0.850. The van der Waals surface area contributed by atoms with Gasteiger partial charge in [-0.1, -0.05) is 44.2 Å². The van der Waals surface area contributed by atoms with Gasteiger partial charge in [0.15, 0.2) is 0 Å². The van der Waals surface area contributed by atoms with E-state index >= 15 is 0 Å². The number of aryl methyl sites for hydroxylation is 1. The van der Waals surface area contributed by atoms with Crippen molar-refractivity contribution in [2.24, 2.45) is 0 Å². The van der Waals surface area contributed by atoms with Gasteiger partial charge < -0.3 is 10.2 Å². The van der Waals surface area contributed by atoms with Gasteiger partial charge in [0.05, 0.1) is 5.60 Å². The average Bonchev–Trinajstić information content (AvgIpc) is 2.32. The first kappa shape index (κ1) is 13.9. The standard InChI is InChI=1S/C17H22O2/c1-12-11-14(5-6-15(12)18)16(2,3)13-7-9-17(4,19)10-8-13/h5-9,11,18-19H,10H2,1-4H3. The molecular weight excluding hydrogens is 236 g/mol. The molecule has 0 saturated heterocycles. The SMILES string of the molecule is Cc1cc(C(C)(C)C2=CCC(C)(O)C=C2)ccc1O. The van der Waals surface area contributed by atoms with Crippen LogP contribution < -0.4 is 0 Å². The Morgan fingerprint density at radius 1 is 1.26 bits per heavy atom. The van der Waals surface area contributed by atoms with Crippen LogP contribution in [0, 0.1) is 6.92 Å². The van der Waals surface area contributed by atoms with E-state index in [1.165, 1.54) is 11.1 Å². The fourth-order valence-electron chi connectivity index (χ4n) is 2.40. The second kappa shape index (κ2) is 4.53. The van der Waals surface area contributed by atoms with Gasteiger partial charge in [-0.25, -0.2) is 0 Å². The molecule has 0 heterocycles. The Kier molecular flexibility index (Phi) is 3.31. The van der Waals surface area contributed by atoms with Crippen molar-refractivity contribution < 1.29 is 10.2 Å². The molecule has 0 fully saturated rings. The Hall–Kier alpha value is -1.54. The van der Waals surface area contributed by atoms with Crippen LogP contribution >= 0.6 is 0 Å². The Bertz CT molecular complexity index is 548. The molecule has 1 aromatic carbocycles. The first-order valence-corrected chi connectivity index (χ1v) is 6.65. The molecule has 0 aromatic heterocycles. The van der Waals surface area contributed by atoms with Gasteiger partial charge >= 0.3 is 0 Å². The van der Waals surface area contributed by atoms with E-state index in [1.54, 1.807) is 6.07 Å². The number of phenolic OH excluding ortho intramolecular Hbond substituents is 1. The molecule has 2 rings (SSSR count). The molecule has 0 amide bonds. The molecule has 19 heavy (non-hydrogen) atoms. The Morgan fingerprint density at radius 2 is 1.95 bits per heavy atom. The van der Waals surface area contributed by atoms with E-state index in [0.717, 1.165) is 5.56 Å². The van der Waals surface area contributed by atoms with Gasteiger partial charge in [0.25, 0.3) is 0 Å². The fraction of sp³-hybridized carbons (Fsp3) is 0.412. The topological polar surface area (TPSA) is 40.5 Å². The van der Waals surface area contributed by atoms with Crippen LogP contribution in [0.4, 0.5) is 0 Å². The number of aromatic hydroxyl groups is 1. The van der Waals surface area contributed by atoms with E-state index in [1.807, 2.05) is 38.1 Å². The normalized spacial score (nSPS) is 23.3. The highest BCUT2D eigenvalue weighted by Crippen LogP contribution is 2.37. The van der Waals surface area contributed by atoms with Gasteiger partial charge in [-0.05, 0) is 43.0 Å². The van der Waals surface area contributed by atoms with Gasteiger partial charge in [0.1, 0.15) is 5.75 Å². The number of allylic oxidation sites excluding steroid dienone is 2. The third-order valence-electron chi connectivity index (χ3n) is 4.00. The summed E-state index contributed by atoms with van der Waals surface area (Å²) < 4.78 is 0. The van der Waals surface area contributed by atoms with Crippen molar-refractivity contribution in [1.29, 1.82) is 0 Å². The number of hydrogen-bond donors (Lipinski definition) is 2. The van der Waals surface area contributed by atoms with Gasteiger partial charge in [-0.3, -0.25) is 0 Å². The second-order valence-electron chi connectivity index (χ2n) is 6.18. The number of phenols is 1. The van der Waals surface area contributed by atoms with E-state index in [4.69, 9.17) is 0 Å². The van der Waals surface area contributed by atoms with Crippen LogP contribution in [0.15, 0.2) is 42.0 Å². The Balaban J connectivity index is 2.35. The van der Waals surface area contributed by atoms with Crippen LogP contribution in [-0.4, -0.2) is 15.8 Å². The lowest BCUT2D eigenvalue weighted by molar-refractivity contribution is 0.113. The molecule has 1 unspecified atom stereocenters. The molecular formula is C17H22O2. The zero-order valence-electron chi connectivity index (χ0n) is 12.1. The lowest BCUT2D eigenvalue weighted by Gasteiger charge is -2.32. The minimum Gasteiger partial charge on any atom is -0.508 e. The maximum absolute atomic E-state index is 9.94. The van der Waals surface area contributed by atoms with Crippen LogP contribution in [0.2, 0.25) is 0 Å². The minimum atomic E-state index is -0.732. The molecule has 2 nitrogen and oxygen atoms in total. The number of hydrogen-bond acceptors (Lipinski definition) is 2. The molecule has 1 aliphatic carbocycles. The molecule has 1 atom stereocenters. The van der Waals surface area contributed by atoms with Crippen molar-refractivity contribution in [3.63, 3.8) is 0 Å². The van der Waals surface area contributed by atoms with Gasteiger partial charge in [-0.15, -0.1) is 0 Å². The molecule has 0 saturated carbocycles. The van der Waals surface area contributed by atoms with Crippen LogP contribution in [0.3, 0.4) is 0 Å². The Morgan fingerprint density at radius 3 is 2.47 bits per heavy atom. The van der Waals surface area contributed by atoms with Crippen molar-refractivity contribution in [2.45, 2.75) is 45.1 Å². The van der Waals surface area contributed by atoms with Crippen molar-refractivity contribution in [1.82, 2.24) is 0 Å². The van der Waals surface area contributed by atoms with Gasteiger partial charge in [0.2, 0.25) is 0 Å². The summed E-state index contributed by atoms with van der Waals surface area (Å²) in [5, 5.41) is 19.6. The maximum atomic E-state index is 9.94. The summed E-state index contributed by atoms with van der Waals surface area (Å²) in [6.45, 7) is 8.04. The number of benzene rings is 1. The lowest BCUT2D eigenvalue weighted by Crippen LogP contribution is -2.26. The zero-order chi connectivity index (χ0) is 14.3. The molecule has 102 valence electrons. The summed E-state index contributed by atoms with van der Waals surface area (Å²) in [6, 6.07) is 5.73. The van der Waals surface area contributed by atoms with Crippen molar-refractivity contribution >= 4 is 0 Å². The molecule has 1 aliphatic rings. The Labute approximate surface area is 115 Å². The highest BCUT2D eigenvalue weighted by atomic mass is 16.3. The monoisotopic (exact) mass is 258 g/mol. The first-order valence-electron chi connectivity index (χ1n) is 6.65. The third kappa shape index (κ3) is 2.74. The highest BCUT2D eigenvalue weighted by Gasteiger charge is 2.28. The highest BCUT2D eigenvalue weighted by molar-refractivity contribution is 5.46. The summed E-state index contributed by atoms with van der Waals surface area (Å²) in [6.07, 6.45) is 6.60. The predicted molar refractivity (Wildman–Crippen MR) is 78.3 cm³/mol. The van der Waals surface area contributed by atoms with Crippen molar-refractivity contribution in [3.05, 3.63) is 53.1 Å². The van der Waals surface area contributed by atoms with E-state index in [9.17, 15) is 10.2 Å². The minimum absolute atomic E-state index is 0.133. The average molecular weight is 258 g/mol. The number of aliphatic hydroxyl groups is 1. The molecule has 0 spiro atoms.